The molecule has 1 aliphatic heterocycles. The first-order valence-corrected chi connectivity index (χ1v) is 5.13. The molecule has 0 amide bonds. The molecule has 0 aliphatic carbocycles. The second-order valence-electron chi connectivity index (χ2n) is 3.51. The Morgan fingerprint density at radius 3 is 2.62 bits per heavy atom. The number of rotatable bonds is 3. The summed E-state index contributed by atoms with van der Waals surface area (Å²) in [6.45, 7) is -0.517. The van der Waals surface area contributed by atoms with E-state index >= 15 is 0 Å². The van der Waals surface area contributed by atoms with Crippen molar-refractivity contribution in [2.45, 2.75) is 12.7 Å². The quantitative estimate of drug-likeness (QED) is 0.859. The molecule has 16 heavy (non-hydrogen) atoms. The Labute approximate surface area is 92.4 Å². The minimum Gasteiger partial charge on any atom is -0.435 e. The van der Waals surface area contributed by atoms with E-state index in [-0.39, 0.29) is 11.9 Å². The highest BCUT2D eigenvalue weighted by molar-refractivity contribution is 5.29. The van der Waals surface area contributed by atoms with Crippen molar-refractivity contribution in [3.05, 3.63) is 29.8 Å². The highest BCUT2D eigenvalue weighted by atomic mass is 19.3. The van der Waals surface area contributed by atoms with Crippen molar-refractivity contribution < 1.29 is 18.3 Å². The average Bonchev–Trinajstić information content (AvgIpc) is 2.30. The van der Waals surface area contributed by atoms with Crippen LogP contribution in [0.5, 0.6) is 5.75 Å². The molecule has 0 bridgehead atoms. The number of benzene rings is 1. The van der Waals surface area contributed by atoms with Crippen LogP contribution in [0.25, 0.3) is 0 Å². The summed E-state index contributed by atoms with van der Waals surface area (Å²) < 4.78 is 33.6. The third-order valence-corrected chi connectivity index (χ3v) is 2.40. The number of ether oxygens (including phenoxy) is 2. The Bertz CT molecular complexity index is 323. The van der Waals surface area contributed by atoms with Crippen LogP contribution in [0, 0.1) is 0 Å². The van der Waals surface area contributed by atoms with Crippen molar-refractivity contribution in [2.24, 2.45) is 0 Å². The van der Waals surface area contributed by atoms with Gasteiger partial charge in [0.1, 0.15) is 5.75 Å². The van der Waals surface area contributed by atoms with E-state index in [1.807, 2.05) is 0 Å². The van der Waals surface area contributed by atoms with E-state index in [0.717, 1.165) is 18.7 Å². The molecule has 2 rings (SSSR count). The molecule has 1 heterocycles. The normalized spacial score (nSPS) is 21.1. The monoisotopic (exact) mass is 229 g/mol. The van der Waals surface area contributed by atoms with Crippen LogP contribution in [-0.4, -0.2) is 26.3 Å². The SMILES string of the molecule is FC(F)Oc1ccc(C2CNCCO2)cc1. The number of hydrogen-bond donors (Lipinski definition) is 1. The maximum atomic E-state index is 11.9. The van der Waals surface area contributed by atoms with Gasteiger partial charge >= 0.3 is 6.61 Å². The summed E-state index contributed by atoms with van der Waals surface area (Å²) in [5.74, 6) is 0.169. The number of morpholine rings is 1. The standard InChI is InChI=1S/C11H13F2NO2/c12-11(13)16-9-3-1-8(2-4-9)10-7-14-5-6-15-10/h1-4,10-11,14H,5-7H2. The summed E-state index contributed by atoms with van der Waals surface area (Å²) in [5.41, 5.74) is 0.966. The molecule has 1 unspecified atom stereocenters. The average molecular weight is 229 g/mol. The number of halogens is 2. The smallest absolute Gasteiger partial charge is 0.387 e. The zero-order valence-electron chi connectivity index (χ0n) is 8.66. The van der Waals surface area contributed by atoms with Crippen LogP contribution in [-0.2, 0) is 4.74 Å². The molecule has 5 heteroatoms. The van der Waals surface area contributed by atoms with Crippen LogP contribution in [0.15, 0.2) is 24.3 Å². The largest absolute Gasteiger partial charge is 0.435 e. The van der Waals surface area contributed by atoms with Crippen molar-refractivity contribution in [3.63, 3.8) is 0 Å². The van der Waals surface area contributed by atoms with Gasteiger partial charge in [0.15, 0.2) is 0 Å². The topological polar surface area (TPSA) is 30.5 Å². The van der Waals surface area contributed by atoms with Gasteiger partial charge in [-0.3, -0.25) is 0 Å². The van der Waals surface area contributed by atoms with Crippen molar-refractivity contribution >= 4 is 0 Å². The molecule has 1 atom stereocenters. The fourth-order valence-electron chi connectivity index (χ4n) is 1.64. The van der Waals surface area contributed by atoms with Crippen LogP contribution < -0.4 is 10.1 Å². The molecule has 1 N–H and O–H groups in total. The van der Waals surface area contributed by atoms with Gasteiger partial charge in [0.25, 0.3) is 0 Å². The van der Waals surface area contributed by atoms with E-state index in [0.29, 0.717) is 6.61 Å². The van der Waals surface area contributed by atoms with Gasteiger partial charge in [-0.25, -0.2) is 0 Å². The molecule has 1 aromatic rings. The summed E-state index contributed by atoms with van der Waals surface area (Å²) >= 11 is 0. The minimum absolute atomic E-state index is 0.00523. The van der Waals surface area contributed by atoms with E-state index in [1.54, 1.807) is 12.1 Å². The molecule has 1 saturated heterocycles. The van der Waals surface area contributed by atoms with Crippen LogP contribution in [0.3, 0.4) is 0 Å². The molecule has 0 aromatic heterocycles. The number of nitrogens with one attached hydrogen (secondary N) is 1. The zero-order valence-corrected chi connectivity index (χ0v) is 8.66. The molecule has 88 valence electrons. The van der Waals surface area contributed by atoms with Gasteiger partial charge in [-0.2, -0.15) is 8.78 Å². The molecule has 0 saturated carbocycles. The second-order valence-corrected chi connectivity index (χ2v) is 3.51. The number of alkyl halides is 2. The molecule has 3 nitrogen and oxygen atoms in total. The van der Waals surface area contributed by atoms with Crippen molar-refractivity contribution in [2.75, 3.05) is 19.7 Å². The van der Waals surface area contributed by atoms with E-state index in [1.165, 1.54) is 12.1 Å². The predicted molar refractivity (Wildman–Crippen MR) is 54.6 cm³/mol. The van der Waals surface area contributed by atoms with Gasteiger partial charge in [0.2, 0.25) is 0 Å². The van der Waals surface area contributed by atoms with Crippen LogP contribution in [0.1, 0.15) is 11.7 Å². The molecule has 0 radical (unpaired) electrons. The van der Waals surface area contributed by atoms with Crippen LogP contribution in [0.4, 0.5) is 8.78 Å². The van der Waals surface area contributed by atoms with Gasteiger partial charge in [-0.05, 0) is 17.7 Å². The molecule has 1 aliphatic rings. The van der Waals surface area contributed by atoms with E-state index in [4.69, 9.17) is 4.74 Å². The Kier molecular flexibility index (Phi) is 3.69. The summed E-state index contributed by atoms with van der Waals surface area (Å²) in [6, 6.07) is 6.55. The Balaban J connectivity index is 2.00. The van der Waals surface area contributed by atoms with Crippen molar-refractivity contribution in [3.8, 4) is 5.75 Å². The molecule has 0 spiro atoms. The van der Waals surface area contributed by atoms with E-state index in [9.17, 15) is 8.78 Å². The van der Waals surface area contributed by atoms with Gasteiger partial charge in [-0.15, -0.1) is 0 Å². The molecule has 1 aromatic carbocycles. The maximum absolute atomic E-state index is 11.9. The van der Waals surface area contributed by atoms with Crippen molar-refractivity contribution in [1.82, 2.24) is 5.32 Å². The fraction of sp³-hybridized carbons (Fsp3) is 0.455. The summed E-state index contributed by atoms with van der Waals surface area (Å²) in [5, 5.41) is 3.20. The van der Waals surface area contributed by atoms with Crippen molar-refractivity contribution in [1.29, 1.82) is 0 Å². The lowest BCUT2D eigenvalue weighted by Crippen LogP contribution is -2.33. The lowest BCUT2D eigenvalue weighted by atomic mass is 10.1. The fourth-order valence-corrected chi connectivity index (χ4v) is 1.64. The molecule has 1 fully saturated rings. The highest BCUT2D eigenvalue weighted by Crippen LogP contribution is 2.22. The van der Waals surface area contributed by atoms with Gasteiger partial charge < -0.3 is 14.8 Å². The third kappa shape index (κ3) is 2.90. The highest BCUT2D eigenvalue weighted by Gasteiger charge is 2.15. The van der Waals surface area contributed by atoms with Crippen LogP contribution in [0.2, 0.25) is 0 Å². The Hall–Kier alpha value is -1.20. The first-order chi connectivity index (χ1) is 7.75. The zero-order chi connectivity index (χ0) is 11.4. The lowest BCUT2D eigenvalue weighted by Gasteiger charge is -2.24. The third-order valence-electron chi connectivity index (χ3n) is 2.40. The Morgan fingerprint density at radius 1 is 1.31 bits per heavy atom. The van der Waals surface area contributed by atoms with E-state index < -0.39 is 6.61 Å². The molecular weight excluding hydrogens is 216 g/mol. The van der Waals surface area contributed by atoms with E-state index in [2.05, 4.69) is 10.1 Å². The summed E-state index contributed by atoms with van der Waals surface area (Å²) in [7, 11) is 0. The van der Waals surface area contributed by atoms with Gasteiger partial charge in [0.05, 0.1) is 12.7 Å². The molecular formula is C11H13F2NO2. The lowest BCUT2D eigenvalue weighted by molar-refractivity contribution is -0.0498. The maximum Gasteiger partial charge on any atom is 0.387 e. The van der Waals surface area contributed by atoms with Gasteiger partial charge in [0, 0.05) is 13.1 Å². The number of hydrogen-bond acceptors (Lipinski definition) is 3. The second kappa shape index (κ2) is 5.23. The van der Waals surface area contributed by atoms with Gasteiger partial charge in [-0.1, -0.05) is 12.1 Å². The summed E-state index contributed by atoms with van der Waals surface area (Å²) in [4.78, 5) is 0. The van der Waals surface area contributed by atoms with Crippen LogP contribution >= 0.6 is 0 Å². The Morgan fingerprint density at radius 2 is 2.06 bits per heavy atom. The first kappa shape index (κ1) is 11.3. The first-order valence-electron chi connectivity index (χ1n) is 5.13. The minimum atomic E-state index is -2.78. The summed E-state index contributed by atoms with van der Waals surface area (Å²) in [6.07, 6.45) is -0.00523. The predicted octanol–water partition coefficient (Wildman–Crippen LogP) is 1.95.